The fraction of sp³-hybridized carbons (Fsp3) is 0.267. The van der Waals surface area contributed by atoms with Gasteiger partial charge in [0.2, 0.25) is 5.82 Å². The lowest BCUT2D eigenvalue weighted by atomic mass is 10.0. The number of rotatable bonds is 9. The van der Waals surface area contributed by atoms with Crippen molar-refractivity contribution in [3.63, 3.8) is 0 Å². The van der Waals surface area contributed by atoms with Crippen LogP contribution in [-0.2, 0) is 12.3 Å². The van der Waals surface area contributed by atoms with Crippen molar-refractivity contribution in [3.8, 4) is 17.3 Å². The second-order valence-electron chi connectivity index (χ2n) is 9.88. The Morgan fingerprint density at radius 3 is 2.60 bits per heavy atom. The monoisotopic (exact) mass is 570 g/mol. The molecule has 4 heterocycles. The Hall–Kier alpha value is -3.73. The van der Waals surface area contributed by atoms with Crippen LogP contribution in [0.1, 0.15) is 39.5 Å². The number of piperidine rings is 1. The first-order valence-corrected chi connectivity index (χ1v) is 15.2. The lowest BCUT2D eigenvalue weighted by Crippen LogP contribution is -2.44. The average molecular weight is 571 g/mol. The van der Waals surface area contributed by atoms with Gasteiger partial charge in [-0.25, -0.2) is 4.98 Å². The minimum absolute atomic E-state index is 0.100. The molecule has 0 unspecified atom stereocenters. The van der Waals surface area contributed by atoms with Crippen LogP contribution in [0.2, 0.25) is 0 Å². The molecule has 204 valence electrons. The van der Waals surface area contributed by atoms with Gasteiger partial charge in [0.1, 0.15) is 10.7 Å². The summed E-state index contributed by atoms with van der Waals surface area (Å²) in [6.07, 6.45) is 3.52. The first kappa shape index (κ1) is 26.5. The smallest absolute Gasteiger partial charge is 0.270 e. The van der Waals surface area contributed by atoms with Crippen LogP contribution < -0.4 is 5.32 Å². The van der Waals surface area contributed by atoms with Crippen molar-refractivity contribution >= 4 is 29.0 Å². The van der Waals surface area contributed by atoms with Gasteiger partial charge >= 0.3 is 0 Å². The van der Waals surface area contributed by atoms with E-state index < -0.39 is 0 Å². The molecular formula is C30H30N6O2S2. The summed E-state index contributed by atoms with van der Waals surface area (Å²) in [5.74, 6) is 1.78. The van der Waals surface area contributed by atoms with E-state index in [1.54, 1.807) is 6.26 Å². The Balaban J connectivity index is 1.06. The Morgan fingerprint density at radius 1 is 1.05 bits per heavy atom. The summed E-state index contributed by atoms with van der Waals surface area (Å²) >= 11 is 3.03. The lowest BCUT2D eigenvalue weighted by molar-refractivity contribution is 0.0904. The summed E-state index contributed by atoms with van der Waals surface area (Å²) in [4.78, 5) is 20.0. The van der Waals surface area contributed by atoms with Gasteiger partial charge in [0.25, 0.3) is 5.91 Å². The molecule has 5 aromatic rings. The molecule has 8 nitrogen and oxygen atoms in total. The van der Waals surface area contributed by atoms with Crippen LogP contribution in [0, 0.1) is 6.92 Å². The number of aryl methyl sites for hydroxylation is 1. The molecule has 1 amide bonds. The number of thioether (sulfide) groups is 1. The molecule has 1 fully saturated rings. The van der Waals surface area contributed by atoms with Crippen molar-refractivity contribution in [2.45, 2.75) is 43.3 Å². The van der Waals surface area contributed by atoms with Crippen LogP contribution in [-0.4, -0.2) is 49.7 Å². The van der Waals surface area contributed by atoms with E-state index in [1.807, 2.05) is 40.3 Å². The lowest BCUT2D eigenvalue weighted by Gasteiger charge is -2.32. The van der Waals surface area contributed by atoms with Gasteiger partial charge in [-0.15, -0.1) is 21.5 Å². The molecule has 2 aromatic carbocycles. The number of nitrogens with zero attached hydrogens (tertiary/aromatic N) is 5. The van der Waals surface area contributed by atoms with Crippen molar-refractivity contribution in [1.29, 1.82) is 0 Å². The summed E-state index contributed by atoms with van der Waals surface area (Å²) in [5, 5.41) is 15.5. The average Bonchev–Trinajstić information content (AvgIpc) is 3.75. The summed E-state index contributed by atoms with van der Waals surface area (Å²) in [5.41, 5.74) is 3.94. The number of carbonyl (C=O) groups is 1. The first-order valence-electron chi connectivity index (χ1n) is 13.3. The third-order valence-electron chi connectivity index (χ3n) is 6.95. The normalized spacial score (nSPS) is 14.4. The molecule has 6 rings (SSSR count). The van der Waals surface area contributed by atoms with Gasteiger partial charge in [-0.1, -0.05) is 59.8 Å². The fourth-order valence-electron chi connectivity index (χ4n) is 4.80. The predicted octanol–water partition coefficient (Wildman–Crippen LogP) is 5.98. The second kappa shape index (κ2) is 12.2. The second-order valence-corrected chi connectivity index (χ2v) is 11.8. The zero-order valence-corrected chi connectivity index (χ0v) is 23.8. The van der Waals surface area contributed by atoms with Gasteiger partial charge in [-0.2, -0.15) is 0 Å². The minimum Gasteiger partial charge on any atom is -0.461 e. The molecule has 0 bridgehead atoms. The Morgan fingerprint density at radius 2 is 1.85 bits per heavy atom. The number of aromatic nitrogens is 4. The summed E-state index contributed by atoms with van der Waals surface area (Å²) in [7, 11) is 0. The van der Waals surface area contributed by atoms with Crippen molar-refractivity contribution in [1.82, 2.24) is 30.0 Å². The molecule has 0 spiro atoms. The summed E-state index contributed by atoms with van der Waals surface area (Å²) in [6.45, 7) is 4.96. The quantitative estimate of drug-likeness (QED) is 0.218. The van der Waals surface area contributed by atoms with Gasteiger partial charge in [0, 0.05) is 36.7 Å². The maximum Gasteiger partial charge on any atom is 0.270 e. The van der Waals surface area contributed by atoms with Gasteiger partial charge in [-0.3, -0.25) is 14.3 Å². The standard InChI is InChI=1S/C30H30N6O2S2/c1-21-9-11-24(12-10-21)36-28(26-8-5-17-38-26)33-34-30(36)40-20-27-32-25(19-39-27)29(37)31-23-13-15-35(16-14-23)18-22-6-3-2-4-7-22/h2-12,17,19,23H,13-16,18,20H2,1H3,(H,31,37). The molecule has 1 aliphatic heterocycles. The zero-order valence-electron chi connectivity index (χ0n) is 22.2. The number of likely N-dealkylation sites (tertiary alicyclic amines) is 1. The third-order valence-corrected chi connectivity index (χ3v) is 8.92. The van der Waals surface area contributed by atoms with E-state index in [-0.39, 0.29) is 11.9 Å². The van der Waals surface area contributed by atoms with Crippen LogP contribution in [0.25, 0.3) is 17.3 Å². The maximum atomic E-state index is 13.0. The number of hydrogen-bond acceptors (Lipinski definition) is 8. The number of nitrogens with one attached hydrogen (secondary N) is 1. The molecule has 3 aromatic heterocycles. The molecule has 0 aliphatic carbocycles. The number of amides is 1. The van der Waals surface area contributed by atoms with Crippen molar-refractivity contribution < 1.29 is 9.21 Å². The number of furan rings is 1. The topological polar surface area (TPSA) is 89.1 Å². The predicted molar refractivity (Wildman–Crippen MR) is 158 cm³/mol. The van der Waals surface area contributed by atoms with E-state index in [2.05, 4.69) is 68.7 Å². The van der Waals surface area contributed by atoms with E-state index in [9.17, 15) is 4.79 Å². The highest BCUT2D eigenvalue weighted by molar-refractivity contribution is 7.98. The molecule has 10 heteroatoms. The van der Waals surface area contributed by atoms with Gasteiger partial charge in [0.05, 0.1) is 12.0 Å². The Labute approximate surface area is 241 Å². The minimum atomic E-state index is -0.100. The van der Waals surface area contributed by atoms with E-state index in [0.29, 0.717) is 23.0 Å². The molecule has 40 heavy (non-hydrogen) atoms. The molecule has 0 saturated carbocycles. The number of benzene rings is 2. The molecule has 1 saturated heterocycles. The highest BCUT2D eigenvalue weighted by Gasteiger charge is 2.23. The number of thiazole rings is 1. The summed E-state index contributed by atoms with van der Waals surface area (Å²) < 4.78 is 7.61. The Bertz CT molecular complexity index is 1540. The Kier molecular flexibility index (Phi) is 8.08. The third kappa shape index (κ3) is 6.19. The van der Waals surface area contributed by atoms with Crippen LogP contribution in [0.4, 0.5) is 0 Å². The number of hydrogen-bond donors (Lipinski definition) is 1. The van der Waals surface area contributed by atoms with Crippen molar-refractivity contribution in [2.24, 2.45) is 0 Å². The van der Waals surface area contributed by atoms with E-state index in [4.69, 9.17) is 4.42 Å². The largest absolute Gasteiger partial charge is 0.461 e. The summed E-state index contributed by atoms with van der Waals surface area (Å²) in [6, 6.07) is 22.6. The SMILES string of the molecule is Cc1ccc(-n2c(SCc3nc(C(=O)NC4CCN(Cc5ccccc5)CC4)cs3)nnc2-c2ccco2)cc1. The highest BCUT2D eigenvalue weighted by Crippen LogP contribution is 2.31. The molecule has 0 atom stereocenters. The van der Waals surface area contributed by atoms with Gasteiger partial charge < -0.3 is 9.73 Å². The molecule has 1 N–H and O–H groups in total. The number of carbonyl (C=O) groups excluding carboxylic acids is 1. The molecule has 1 aliphatic rings. The fourth-order valence-corrected chi connectivity index (χ4v) is 6.54. The maximum absolute atomic E-state index is 13.0. The van der Waals surface area contributed by atoms with E-state index in [1.165, 1.54) is 34.2 Å². The van der Waals surface area contributed by atoms with Gasteiger partial charge in [0.15, 0.2) is 10.9 Å². The van der Waals surface area contributed by atoms with E-state index >= 15 is 0 Å². The first-order chi connectivity index (χ1) is 19.6. The molecule has 0 radical (unpaired) electrons. The van der Waals surface area contributed by atoms with Crippen molar-refractivity contribution in [2.75, 3.05) is 13.1 Å². The van der Waals surface area contributed by atoms with E-state index in [0.717, 1.165) is 48.3 Å². The highest BCUT2D eigenvalue weighted by atomic mass is 32.2. The van der Waals surface area contributed by atoms with Crippen LogP contribution in [0.5, 0.6) is 0 Å². The van der Waals surface area contributed by atoms with Gasteiger partial charge in [-0.05, 0) is 49.6 Å². The molecular weight excluding hydrogens is 541 g/mol. The van der Waals surface area contributed by atoms with Crippen LogP contribution in [0.15, 0.2) is 87.9 Å². The van der Waals surface area contributed by atoms with Crippen LogP contribution in [0.3, 0.4) is 0 Å². The van der Waals surface area contributed by atoms with Crippen LogP contribution >= 0.6 is 23.1 Å². The van der Waals surface area contributed by atoms with Crippen molar-refractivity contribution in [3.05, 3.63) is 100 Å². The zero-order chi connectivity index (χ0) is 27.3.